The molecule has 0 fully saturated rings. The molecular weight excluding hydrogens is 238 g/mol. The fourth-order valence-corrected chi connectivity index (χ4v) is 1.31. The lowest BCUT2D eigenvalue weighted by Crippen LogP contribution is -2.20. The number of hydrogen-bond donors (Lipinski definition) is 1. The molecule has 1 aromatic rings. The first kappa shape index (κ1) is 13.6. The molecule has 1 amide bonds. The van der Waals surface area contributed by atoms with E-state index in [1.54, 1.807) is 25.1 Å². The second-order valence-corrected chi connectivity index (χ2v) is 4.34. The van der Waals surface area contributed by atoms with E-state index in [9.17, 15) is 4.79 Å². The number of anilines is 1. The number of rotatable bonds is 5. The minimum Gasteiger partial charge on any atom is -0.490 e. The minimum absolute atomic E-state index is 0.213. The first-order chi connectivity index (χ1) is 8.04. The van der Waals surface area contributed by atoms with Gasteiger partial charge in [-0.1, -0.05) is 12.7 Å². The summed E-state index contributed by atoms with van der Waals surface area (Å²) in [6.45, 7) is 7.57. The summed E-state index contributed by atoms with van der Waals surface area (Å²) in [6, 6.07) is 5.45. The second kappa shape index (κ2) is 6.30. The third-order valence-electron chi connectivity index (χ3n) is 2.18. The summed E-state index contributed by atoms with van der Waals surface area (Å²) in [5, 5.41) is 2.20. The van der Waals surface area contributed by atoms with Crippen LogP contribution in [0.4, 0.5) is 5.69 Å². The molecular formula is C13H16ClNO2. The maximum absolute atomic E-state index is 11.4. The van der Waals surface area contributed by atoms with Gasteiger partial charge in [-0.25, -0.2) is 0 Å². The highest BCUT2D eigenvalue weighted by atomic mass is 35.5. The Morgan fingerprint density at radius 2 is 2.35 bits per heavy atom. The number of amides is 1. The summed E-state index contributed by atoms with van der Waals surface area (Å²) in [6.07, 6.45) is 1.68. The van der Waals surface area contributed by atoms with Crippen molar-refractivity contribution in [1.82, 2.24) is 0 Å². The first-order valence-electron chi connectivity index (χ1n) is 5.34. The summed E-state index contributed by atoms with van der Waals surface area (Å²) in [5.41, 5.74) is 1.67. The normalized spacial score (nSPS) is 11.7. The van der Waals surface area contributed by atoms with Crippen LogP contribution in [0.1, 0.15) is 12.5 Å². The van der Waals surface area contributed by atoms with Crippen molar-refractivity contribution in [2.24, 2.45) is 0 Å². The van der Waals surface area contributed by atoms with Crippen LogP contribution in [-0.4, -0.2) is 17.9 Å². The Morgan fingerprint density at radius 3 is 2.88 bits per heavy atom. The zero-order valence-corrected chi connectivity index (χ0v) is 10.8. The molecule has 0 aliphatic heterocycles. The predicted octanol–water partition coefficient (Wildman–Crippen LogP) is 3.13. The molecule has 92 valence electrons. The van der Waals surface area contributed by atoms with Crippen molar-refractivity contribution in [2.75, 3.05) is 11.9 Å². The number of hydrogen-bond acceptors (Lipinski definition) is 2. The lowest BCUT2D eigenvalue weighted by atomic mass is 10.2. The van der Waals surface area contributed by atoms with Crippen molar-refractivity contribution in [2.45, 2.75) is 19.2 Å². The second-order valence-electron chi connectivity index (χ2n) is 3.68. The van der Waals surface area contributed by atoms with Gasteiger partial charge < -0.3 is 10.1 Å². The zero-order valence-electron chi connectivity index (χ0n) is 10.00. The van der Waals surface area contributed by atoms with Crippen molar-refractivity contribution < 1.29 is 9.53 Å². The Labute approximate surface area is 106 Å². The molecule has 0 radical (unpaired) electrons. The van der Waals surface area contributed by atoms with Crippen LogP contribution < -0.4 is 10.1 Å². The molecule has 0 heterocycles. The van der Waals surface area contributed by atoms with Gasteiger partial charge in [0.2, 0.25) is 5.91 Å². The summed E-state index contributed by atoms with van der Waals surface area (Å²) in [5.74, 6) is 0.536. The Balaban J connectivity index is 2.75. The summed E-state index contributed by atoms with van der Waals surface area (Å²) < 4.78 is 5.39. The molecule has 17 heavy (non-hydrogen) atoms. The van der Waals surface area contributed by atoms with Gasteiger partial charge in [-0.3, -0.25) is 4.79 Å². The van der Waals surface area contributed by atoms with Crippen LogP contribution in [0.15, 0.2) is 30.9 Å². The number of halogens is 1. The number of nitrogens with one attached hydrogen (secondary N) is 1. The van der Waals surface area contributed by atoms with Gasteiger partial charge in [0.05, 0.1) is 0 Å². The van der Waals surface area contributed by atoms with Crippen molar-refractivity contribution in [1.29, 1.82) is 0 Å². The van der Waals surface area contributed by atoms with Gasteiger partial charge in [-0.15, -0.1) is 11.6 Å². The highest BCUT2D eigenvalue weighted by molar-refractivity contribution is 6.32. The highest BCUT2D eigenvalue weighted by Gasteiger charge is 2.10. The maximum Gasteiger partial charge on any atom is 0.242 e. The Hall–Kier alpha value is -1.48. The average Bonchev–Trinajstić information content (AvgIpc) is 2.29. The quantitative estimate of drug-likeness (QED) is 0.647. The molecule has 0 bridgehead atoms. The maximum atomic E-state index is 11.4. The summed E-state index contributed by atoms with van der Waals surface area (Å²) in [7, 11) is 0. The standard InChI is InChI=1S/C13H16ClNO2/c1-4-7-17-11-5-6-12(9(2)8-11)15-13(16)10(3)14/h4-6,8,10H,1,7H2,2-3H3,(H,15,16). The highest BCUT2D eigenvalue weighted by Crippen LogP contribution is 2.21. The van der Waals surface area contributed by atoms with E-state index in [2.05, 4.69) is 11.9 Å². The van der Waals surface area contributed by atoms with E-state index in [4.69, 9.17) is 16.3 Å². The third kappa shape index (κ3) is 4.11. The van der Waals surface area contributed by atoms with E-state index in [1.807, 2.05) is 13.0 Å². The molecule has 3 nitrogen and oxygen atoms in total. The fraction of sp³-hybridized carbons (Fsp3) is 0.308. The molecule has 1 N–H and O–H groups in total. The number of benzene rings is 1. The van der Waals surface area contributed by atoms with E-state index in [0.717, 1.165) is 17.0 Å². The fourth-order valence-electron chi connectivity index (χ4n) is 1.25. The van der Waals surface area contributed by atoms with E-state index < -0.39 is 5.38 Å². The molecule has 0 aromatic heterocycles. The zero-order chi connectivity index (χ0) is 12.8. The van der Waals surface area contributed by atoms with Gasteiger partial charge in [0, 0.05) is 5.69 Å². The number of carbonyl (C=O) groups is 1. The summed E-state index contributed by atoms with van der Waals surface area (Å²) >= 11 is 5.68. The molecule has 0 spiro atoms. The van der Waals surface area contributed by atoms with Crippen LogP contribution in [0.5, 0.6) is 5.75 Å². The molecule has 4 heteroatoms. The van der Waals surface area contributed by atoms with E-state index in [0.29, 0.717) is 6.61 Å². The van der Waals surface area contributed by atoms with Crippen LogP contribution in [0.2, 0.25) is 0 Å². The molecule has 1 atom stereocenters. The predicted molar refractivity (Wildman–Crippen MR) is 70.8 cm³/mol. The molecule has 0 saturated carbocycles. The molecule has 1 aromatic carbocycles. The third-order valence-corrected chi connectivity index (χ3v) is 2.38. The number of ether oxygens (including phenoxy) is 1. The van der Waals surface area contributed by atoms with Crippen LogP contribution in [0.3, 0.4) is 0 Å². The van der Waals surface area contributed by atoms with Crippen molar-refractivity contribution in [3.05, 3.63) is 36.4 Å². The van der Waals surface area contributed by atoms with Crippen molar-refractivity contribution >= 4 is 23.2 Å². The minimum atomic E-state index is -0.550. The Bertz CT molecular complexity index is 416. The SMILES string of the molecule is C=CCOc1ccc(NC(=O)C(C)Cl)c(C)c1. The van der Waals surface area contributed by atoms with E-state index >= 15 is 0 Å². The van der Waals surface area contributed by atoms with Crippen LogP contribution in [-0.2, 0) is 4.79 Å². The molecule has 1 unspecified atom stereocenters. The van der Waals surface area contributed by atoms with Crippen LogP contribution in [0, 0.1) is 6.92 Å². The van der Waals surface area contributed by atoms with Crippen LogP contribution >= 0.6 is 11.6 Å². The summed E-state index contributed by atoms with van der Waals surface area (Å²) in [4.78, 5) is 11.4. The van der Waals surface area contributed by atoms with E-state index in [1.165, 1.54) is 0 Å². The first-order valence-corrected chi connectivity index (χ1v) is 5.77. The molecule has 0 aliphatic carbocycles. The van der Waals surface area contributed by atoms with Gasteiger partial charge >= 0.3 is 0 Å². The smallest absolute Gasteiger partial charge is 0.242 e. The largest absolute Gasteiger partial charge is 0.490 e. The molecule has 0 saturated heterocycles. The monoisotopic (exact) mass is 253 g/mol. The number of carbonyl (C=O) groups excluding carboxylic acids is 1. The van der Waals surface area contributed by atoms with Gasteiger partial charge in [0.1, 0.15) is 17.7 Å². The number of aryl methyl sites for hydroxylation is 1. The lowest BCUT2D eigenvalue weighted by molar-refractivity contribution is -0.115. The Morgan fingerprint density at radius 1 is 1.65 bits per heavy atom. The van der Waals surface area contributed by atoms with Crippen LogP contribution in [0.25, 0.3) is 0 Å². The Kier molecular flexibility index (Phi) is 5.04. The molecule has 1 rings (SSSR count). The number of alkyl halides is 1. The van der Waals surface area contributed by atoms with Gasteiger partial charge in [0.15, 0.2) is 0 Å². The lowest BCUT2D eigenvalue weighted by Gasteiger charge is -2.11. The molecule has 0 aliphatic rings. The van der Waals surface area contributed by atoms with Gasteiger partial charge in [0.25, 0.3) is 0 Å². The topological polar surface area (TPSA) is 38.3 Å². The van der Waals surface area contributed by atoms with Gasteiger partial charge in [-0.2, -0.15) is 0 Å². The van der Waals surface area contributed by atoms with E-state index in [-0.39, 0.29) is 5.91 Å². The van der Waals surface area contributed by atoms with Crippen molar-refractivity contribution in [3.8, 4) is 5.75 Å². The van der Waals surface area contributed by atoms with Crippen molar-refractivity contribution in [3.63, 3.8) is 0 Å². The van der Waals surface area contributed by atoms with Gasteiger partial charge in [-0.05, 0) is 37.6 Å². The average molecular weight is 254 g/mol.